The Bertz CT molecular complexity index is 366. The Morgan fingerprint density at radius 1 is 1.15 bits per heavy atom. The zero-order valence-corrected chi connectivity index (χ0v) is 12.0. The fourth-order valence-corrected chi connectivity index (χ4v) is 3.03. The van der Waals surface area contributed by atoms with Crippen LogP contribution in [-0.2, 0) is 9.59 Å². The molecule has 1 amide bonds. The van der Waals surface area contributed by atoms with Gasteiger partial charge in [0, 0.05) is 26.2 Å². The van der Waals surface area contributed by atoms with Gasteiger partial charge in [0.05, 0.1) is 18.6 Å². The molecule has 20 heavy (non-hydrogen) atoms. The predicted octanol–water partition coefficient (Wildman–Crippen LogP) is 0.0123. The Morgan fingerprint density at radius 3 is 2.35 bits per heavy atom. The first kappa shape index (κ1) is 15.3. The van der Waals surface area contributed by atoms with Crippen molar-refractivity contribution >= 4 is 11.9 Å². The SMILES string of the molecule is CC1CN(CC(=O)N2CCC(C(=O)O)CC2)CCC1O. The van der Waals surface area contributed by atoms with Crippen LogP contribution in [0, 0.1) is 11.8 Å². The highest BCUT2D eigenvalue weighted by molar-refractivity contribution is 5.79. The van der Waals surface area contributed by atoms with Gasteiger partial charge in [0.1, 0.15) is 0 Å². The Kier molecular flexibility index (Phi) is 4.99. The van der Waals surface area contributed by atoms with Crippen molar-refractivity contribution in [3.63, 3.8) is 0 Å². The maximum atomic E-state index is 12.2. The molecule has 0 aliphatic carbocycles. The summed E-state index contributed by atoms with van der Waals surface area (Å²) in [4.78, 5) is 26.9. The van der Waals surface area contributed by atoms with Crippen molar-refractivity contribution in [2.75, 3.05) is 32.7 Å². The number of aliphatic carboxylic acids is 1. The number of amides is 1. The van der Waals surface area contributed by atoms with Crippen molar-refractivity contribution in [3.05, 3.63) is 0 Å². The average molecular weight is 284 g/mol. The number of aliphatic hydroxyl groups is 1. The smallest absolute Gasteiger partial charge is 0.306 e. The van der Waals surface area contributed by atoms with Gasteiger partial charge in [0.25, 0.3) is 0 Å². The molecular formula is C14H24N2O4. The molecule has 2 unspecified atom stereocenters. The lowest BCUT2D eigenvalue weighted by Crippen LogP contribution is -2.49. The van der Waals surface area contributed by atoms with Crippen LogP contribution in [-0.4, -0.2) is 70.7 Å². The summed E-state index contributed by atoms with van der Waals surface area (Å²) in [6.07, 6.45) is 1.56. The van der Waals surface area contributed by atoms with Crippen molar-refractivity contribution in [2.24, 2.45) is 11.8 Å². The molecule has 2 rings (SSSR count). The van der Waals surface area contributed by atoms with Crippen LogP contribution in [0.3, 0.4) is 0 Å². The van der Waals surface area contributed by atoms with Gasteiger partial charge in [-0.2, -0.15) is 0 Å². The van der Waals surface area contributed by atoms with E-state index in [-0.39, 0.29) is 23.8 Å². The lowest BCUT2D eigenvalue weighted by molar-refractivity contribution is -0.146. The third kappa shape index (κ3) is 3.70. The molecule has 2 aliphatic rings. The van der Waals surface area contributed by atoms with E-state index < -0.39 is 5.97 Å². The minimum atomic E-state index is -0.754. The molecule has 2 heterocycles. The molecule has 2 N–H and O–H groups in total. The predicted molar refractivity (Wildman–Crippen MR) is 73.2 cm³/mol. The molecule has 2 aliphatic heterocycles. The molecule has 2 saturated heterocycles. The number of hydrogen-bond acceptors (Lipinski definition) is 4. The van der Waals surface area contributed by atoms with E-state index >= 15 is 0 Å². The van der Waals surface area contributed by atoms with E-state index in [4.69, 9.17) is 5.11 Å². The maximum Gasteiger partial charge on any atom is 0.306 e. The van der Waals surface area contributed by atoms with Gasteiger partial charge in [-0.25, -0.2) is 0 Å². The van der Waals surface area contributed by atoms with Crippen molar-refractivity contribution in [2.45, 2.75) is 32.3 Å². The van der Waals surface area contributed by atoms with Gasteiger partial charge in [-0.1, -0.05) is 6.92 Å². The number of piperidine rings is 2. The summed E-state index contributed by atoms with van der Waals surface area (Å²) in [5, 5.41) is 18.6. The molecule has 0 radical (unpaired) electrons. The van der Waals surface area contributed by atoms with Gasteiger partial charge in [-0.15, -0.1) is 0 Å². The van der Waals surface area contributed by atoms with Crippen molar-refractivity contribution < 1.29 is 19.8 Å². The quantitative estimate of drug-likeness (QED) is 0.763. The Balaban J connectivity index is 1.77. The van der Waals surface area contributed by atoms with E-state index in [0.29, 0.717) is 32.5 Å². The number of likely N-dealkylation sites (tertiary alicyclic amines) is 2. The summed E-state index contributed by atoms with van der Waals surface area (Å²) in [5.74, 6) is -0.771. The summed E-state index contributed by atoms with van der Waals surface area (Å²) in [6, 6.07) is 0. The molecule has 0 aromatic heterocycles. The maximum absolute atomic E-state index is 12.2. The number of carboxylic acid groups (broad SMARTS) is 1. The van der Waals surface area contributed by atoms with Gasteiger partial charge in [0.2, 0.25) is 5.91 Å². The minimum absolute atomic E-state index is 0.0810. The molecule has 2 atom stereocenters. The number of carbonyl (C=O) groups is 2. The summed E-state index contributed by atoms with van der Waals surface area (Å²) in [7, 11) is 0. The highest BCUT2D eigenvalue weighted by atomic mass is 16.4. The number of hydrogen-bond donors (Lipinski definition) is 2. The van der Waals surface area contributed by atoms with Crippen LogP contribution in [0.25, 0.3) is 0 Å². The van der Waals surface area contributed by atoms with Crippen molar-refractivity contribution in [1.29, 1.82) is 0 Å². The molecule has 6 heteroatoms. The summed E-state index contributed by atoms with van der Waals surface area (Å²) < 4.78 is 0. The first-order chi connectivity index (χ1) is 9.47. The highest BCUT2D eigenvalue weighted by Gasteiger charge is 2.29. The lowest BCUT2D eigenvalue weighted by Gasteiger charge is -2.36. The van der Waals surface area contributed by atoms with E-state index in [0.717, 1.165) is 19.5 Å². The van der Waals surface area contributed by atoms with E-state index in [1.807, 2.05) is 6.92 Å². The van der Waals surface area contributed by atoms with E-state index in [1.54, 1.807) is 4.90 Å². The zero-order valence-electron chi connectivity index (χ0n) is 12.0. The Hall–Kier alpha value is -1.14. The summed E-state index contributed by atoms with van der Waals surface area (Å²) >= 11 is 0. The second-order valence-electron chi connectivity index (χ2n) is 6.06. The fourth-order valence-electron chi connectivity index (χ4n) is 3.03. The van der Waals surface area contributed by atoms with Gasteiger partial charge >= 0.3 is 5.97 Å². The lowest BCUT2D eigenvalue weighted by atomic mass is 9.96. The van der Waals surface area contributed by atoms with Crippen molar-refractivity contribution in [3.8, 4) is 0 Å². The fraction of sp³-hybridized carbons (Fsp3) is 0.857. The molecule has 114 valence electrons. The van der Waals surface area contributed by atoms with Gasteiger partial charge < -0.3 is 15.1 Å². The number of rotatable bonds is 3. The van der Waals surface area contributed by atoms with Crippen LogP contribution >= 0.6 is 0 Å². The van der Waals surface area contributed by atoms with Crippen LogP contribution in [0.4, 0.5) is 0 Å². The zero-order chi connectivity index (χ0) is 14.7. The molecule has 0 saturated carbocycles. The van der Waals surface area contributed by atoms with Crippen LogP contribution in [0.15, 0.2) is 0 Å². The van der Waals surface area contributed by atoms with Gasteiger partial charge in [-0.05, 0) is 25.2 Å². The average Bonchev–Trinajstić information content (AvgIpc) is 2.43. The third-order valence-corrected chi connectivity index (χ3v) is 4.50. The molecule has 0 aromatic carbocycles. The second-order valence-corrected chi connectivity index (χ2v) is 6.06. The van der Waals surface area contributed by atoms with Crippen molar-refractivity contribution in [1.82, 2.24) is 9.80 Å². The van der Waals surface area contributed by atoms with Crippen LogP contribution < -0.4 is 0 Å². The molecule has 0 spiro atoms. The Morgan fingerprint density at radius 2 is 1.80 bits per heavy atom. The second kappa shape index (κ2) is 6.54. The normalized spacial score (nSPS) is 29.4. The molecule has 2 fully saturated rings. The van der Waals surface area contributed by atoms with Gasteiger partial charge in [-0.3, -0.25) is 14.5 Å². The first-order valence-corrected chi connectivity index (χ1v) is 7.38. The number of carbonyl (C=O) groups excluding carboxylic acids is 1. The molecule has 0 bridgehead atoms. The Labute approximate surface area is 119 Å². The molecule has 0 aromatic rings. The third-order valence-electron chi connectivity index (χ3n) is 4.50. The topological polar surface area (TPSA) is 81.1 Å². The van der Waals surface area contributed by atoms with Crippen LogP contribution in [0.1, 0.15) is 26.2 Å². The van der Waals surface area contributed by atoms with E-state index in [1.165, 1.54) is 0 Å². The number of carboxylic acids is 1. The largest absolute Gasteiger partial charge is 0.481 e. The standard InChI is InChI=1S/C14H24N2O4/c1-10-8-15(5-4-12(10)17)9-13(18)16-6-2-11(3-7-16)14(19)20/h10-12,17H,2-9H2,1H3,(H,19,20). The highest BCUT2D eigenvalue weighted by Crippen LogP contribution is 2.19. The minimum Gasteiger partial charge on any atom is -0.481 e. The summed E-state index contributed by atoms with van der Waals surface area (Å²) in [6.45, 7) is 4.97. The number of aliphatic hydroxyl groups excluding tert-OH is 1. The van der Waals surface area contributed by atoms with Crippen LogP contribution in [0.2, 0.25) is 0 Å². The molecule has 6 nitrogen and oxygen atoms in total. The van der Waals surface area contributed by atoms with Gasteiger partial charge in [0.15, 0.2) is 0 Å². The molecular weight excluding hydrogens is 260 g/mol. The van der Waals surface area contributed by atoms with E-state index in [9.17, 15) is 14.7 Å². The number of nitrogens with zero attached hydrogens (tertiary/aromatic N) is 2. The summed E-state index contributed by atoms with van der Waals surface area (Å²) in [5.41, 5.74) is 0. The first-order valence-electron chi connectivity index (χ1n) is 7.38. The van der Waals surface area contributed by atoms with Crippen LogP contribution in [0.5, 0.6) is 0 Å². The monoisotopic (exact) mass is 284 g/mol. The van der Waals surface area contributed by atoms with E-state index in [2.05, 4.69) is 4.90 Å².